The largest absolute Gasteiger partial charge is 0.497 e. The minimum atomic E-state index is -3.85. The number of para-hydroxylation sites is 1. The molecular formula is C22H22N2O4S. The molecule has 0 fully saturated rings. The predicted molar refractivity (Wildman–Crippen MR) is 113 cm³/mol. The highest BCUT2D eigenvalue weighted by Gasteiger charge is 2.18. The maximum absolute atomic E-state index is 12.7. The summed E-state index contributed by atoms with van der Waals surface area (Å²) in [5, 5.41) is 2.83. The molecule has 6 nitrogen and oxygen atoms in total. The average Bonchev–Trinajstić information content (AvgIpc) is 2.73. The van der Waals surface area contributed by atoms with Crippen molar-refractivity contribution in [2.24, 2.45) is 0 Å². The van der Waals surface area contributed by atoms with Gasteiger partial charge in [0.2, 0.25) is 0 Å². The molecule has 1 amide bonds. The molecule has 0 aromatic heterocycles. The zero-order valence-electron chi connectivity index (χ0n) is 16.2. The minimum Gasteiger partial charge on any atom is -0.497 e. The number of sulfonamides is 1. The highest BCUT2D eigenvalue weighted by Crippen LogP contribution is 2.22. The van der Waals surface area contributed by atoms with Crippen molar-refractivity contribution in [3.63, 3.8) is 0 Å². The van der Waals surface area contributed by atoms with E-state index in [1.807, 2.05) is 31.2 Å². The molecule has 0 aliphatic heterocycles. The molecule has 29 heavy (non-hydrogen) atoms. The second-order valence-electron chi connectivity index (χ2n) is 6.49. The number of hydrogen-bond donors (Lipinski definition) is 2. The van der Waals surface area contributed by atoms with Gasteiger partial charge in [0.05, 0.1) is 23.3 Å². The molecule has 7 heteroatoms. The molecule has 0 bridgehead atoms. The SMILES string of the molecule is COc1ccc(S(=O)(=O)Nc2ccccc2C(=O)NCc2ccc(C)cc2)cc1. The molecule has 0 aliphatic rings. The van der Waals surface area contributed by atoms with E-state index in [0.29, 0.717) is 12.3 Å². The van der Waals surface area contributed by atoms with Gasteiger partial charge in [-0.1, -0.05) is 42.0 Å². The Kier molecular flexibility index (Phi) is 6.19. The molecule has 0 radical (unpaired) electrons. The summed E-state index contributed by atoms with van der Waals surface area (Å²) in [4.78, 5) is 12.7. The van der Waals surface area contributed by atoms with Crippen molar-refractivity contribution in [1.29, 1.82) is 0 Å². The number of anilines is 1. The van der Waals surface area contributed by atoms with Crippen molar-refractivity contribution < 1.29 is 17.9 Å². The molecule has 3 rings (SSSR count). The first-order chi connectivity index (χ1) is 13.9. The third-order valence-corrected chi connectivity index (χ3v) is 5.74. The average molecular weight is 410 g/mol. The lowest BCUT2D eigenvalue weighted by molar-refractivity contribution is 0.0952. The van der Waals surface area contributed by atoms with Crippen LogP contribution in [0.25, 0.3) is 0 Å². The second kappa shape index (κ2) is 8.79. The van der Waals surface area contributed by atoms with Crippen molar-refractivity contribution in [2.75, 3.05) is 11.8 Å². The number of nitrogens with one attached hydrogen (secondary N) is 2. The van der Waals surface area contributed by atoms with Gasteiger partial charge in [-0.25, -0.2) is 8.42 Å². The molecule has 3 aromatic rings. The Bertz CT molecular complexity index is 1090. The fourth-order valence-electron chi connectivity index (χ4n) is 2.71. The Balaban J connectivity index is 1.76. The first-order valence-electron chi connectivity index (χ1n) is 8.99. The van der Waals surface area contributed by atoms with Crippen LogP contribution in [0.3, 0.4) is 0 Å². The van der Waals surface area contributed by atoms with E-state index in [9.17, 15) is 13.2 Å². The van der Waals surface area contributed by atoms with E-state index in [4.69, 9.17) is 4.74 Å². The van der Waals surface area contributed by atoms with Gasteiger partial charge in [-0.05, 0) is 48.9 Å². The van der Waals surface area contributed by atoms with Crippen LogP contribution in [0.2, 0.25) is 0 Å². The van der Waals surface area contributed by atoms with E-state index in [-0.39, 0.29) is 22.1 Å². The summed E-state index contributed by atoms with van der Waals surface area (Å²) in [5.74, 6) is 0.193. The van der Waals surface area contributed by atoms with E-state index >= 15 is 0 Å². The lowest BCUT2D eigenvalue weighted by Crippen LogP contribution is -2.25. The van der Waals surface area contributed by atoms with Crippen LogP contribution in [-0.2, 0) is 16.6 Å². The Labute approximate surface area is 170 Å². The van der Waals surface area contributed by atoms with Crippen LogP contribution in [0, 0.1) is 6.92 Å². The fourth-order valence-corrected chi connectivity index (χ4v) is 3.79. The number of hydrogen-bond acceptors (Lipinski definition) is 4. The van der Waals surface area contributed by atoms with Gasteiger partial charge in [0.15, 0.2) is 0 Å². The highest BCUT2D eigenvalue weighted by atomic mass is 32.2. The smallest absolute Gasteiger partial charge is 0.261 e. The second-order valence-corrected chi connectivity index (χ2v) is 8.18. The summed E-state index contributed by atoms with van der Waals surface area (Å²) >= 11 is 0. The zero-order chi connectivity index (χ0) is 20.9. The maximum Gasteiger partial charge on any atom is 0.261 e. The summed E-state index contributed by atoms with van der Waals surface area (Å²) < 4.78 is 33.0. The quantitative estimate of drug-likeness (QED) is 0.622. The molecular weight excluding hydrogens is 388 g/mol. The topological polar surface area (TPSA) is 84.5 Å². The molecule has 0 spiro atoms. The van der Waals surface area contributed by atoms with Crippen LogP contribution in [0.5, 0.6) is 5.75 Å². The van der Waals surface area contributed by atoms with Crippen LogP contribution in [0.1, 0.15) is 21.5 Å². The standard InChI is InChI=1S/C22H22N2O4S/c1-16-7-9-17(10-8-16)15-23-22(25)20-5-3-4-6-21(20)24-29(26,27)19-13-11-18(28-2)12-14-19/h3-14,24H,15H2,1-2H3,(H,23,25). The summed E-state index contributed by atoms with van der Waals surface area (Å²) in [5.41, 5.74) is 2.56. The fraction of sp³-hybridized carbons (Fsp3) is 0.136. The first kappa shape index (κ1) is 20.4. The lowest BCUT2D eigenvalue weighted by atomic mass is 10.1. The number of rotatable bonds is 7. The van der Waals surface area contributed by atoms with E-state index in [1.165, 1.54) is 19.2 Å². The monoisotopic (exact) mass is 410 g/mol. The van der Waals surface area contributed by atoms with E-state index in [1.54, 1.807) is 36.4 Å². The van der Waals surface area contributed by atoms with Gasteiger partial charge >= 0.3 is 0 Å². The van der Waals surface area contributed by atoms with Crippen LogP contribution in [0.4, 0.5) is 5.69 Å². The minimum absolute atomic E-state index is 0.0770. The van der Waals surface area contributed by atoms with E-state index in [0.717, 1.165) is 11.1 Å². The van der Waals surface area contributed by atoms with Gasteiger partial charge in [-0.2, -0.15) is 0 Å². The molecule has 3 aromatic carbocycles. The summed E-state index contributed by atoms with van der Waals surface area (Å²) in [6.45, 7) is 2.34. The zero-order valence-corrected chi connectivity index (χ0v) is 17.0. The van der Waals surface area contributed by atoms with Gasteiger partial charge < -0.3 is 10.1 Å². The summed E-state index contributed by atoms with van der Waals surface area (Å²) in [6, 6.07) is 20.3. The van der Waals surface area contributed by atoms with E-state index in [2.05, 4.69) is 10.0 Å². The van der Waals surface area contributed by atoms with Crippen LogP contribution >= 0.6 is 0 Å². The van der Waals surface area contributed by atoms with Gasteiger partial charge in [-0.3, -0.25) is 9.52 Å². The van der Waals surface area contributed by atoms with Gasteiger partial charge in [0.25, 0.3) is 15.9 Å². The van der Waals surface area contributed by atoms with Crippen molar-refractivity contribution >= 4 is 21.6 Å². The lowest BCUT2D eigenvalue weighted by Gasteiger charge is -2.13. The van der Waals surface area contributed by atoms with Gasteiger partial charge in [-0.15, -0.1) is 0 Å². The summed E-state index contributed by atoms with van der Waals surface area (Å²) in [6.07, 6.45) is 0. The van der Waals surface area contributed by atoms with Crippen LogP contribution < -0.4 is 14.8 Å². The number of methoxy groups -OCH3 is 1. The van der Waals surface area contributed by atoms with Crippen molar-refractivity contribution in [3.8, 4) is 5.75 Å². The molecule has 0 heterocycles. The van der Waals surface area contributed by atoms with Crippen LogP contribution in [-0.4, -0.2) is 21.4 Å². The number of aryl methyl sites for hydroxylation is 1. The van der Waals surface area contributed by atoms with Crippen molar-refractivity contribution in [3.05, 3.63) is 89.5 Å². The van der Waals surface area contributed by atoms with Gasteiger partial charge in [0, 0.05) is 6.54 Å². The molecule has 0 atom stereocenters. The molecule has 0 saturated carbocycles. The Morgan fingerprint density at radius 1 is 0.931 bits per heavy atom. The number of ether oxygens (including phenoxy) is 1. The summed E-state index contributed by atoms with van der Waals surface area (Å²) in [7, 11) is -2.34. The number of amides is 1. The maximum atomic E-state index is 12.7. The van der Waals surface area contributed by atoms with E-state index < -0.39 is 10.0 Å². The third-order valence-electron chi connectivity index (χ3n) is 4.36. The Hall–Kier alpha value is -3.32. The molecule has 150 valence electrons. The van der Waals surface area contributed by atoms with Crippen molar-refractivity contribution in [2.45, 2.75) is 18.4 Å². The Morgan fingerprint density at radius 3 is 2.24 bits per heavy atom. The van der Waals surface area contributed by atoms with Crippen molar-refractivity contribution in [1.82, 2.24) is 5.32 Å². The first-order valence-corrected chi connectivity index (χ1v) is 10.5. The number of carbonyl (C=O) groups excluding carboxylic acids is 1. The normalized spacial score (nSPS) is 11.0. The van der Waals surface area contributed by atoms with Crippen LogP contribution in [0.15, 0.2) is 77.7 Å². The Morgan fingerprint density at radius 2 is 1.59 bits per heavy atom. The number of benzene rings is 3. The predicted octanol–water partition coefficient (Wildman–Crippen LogP) is 3.73. The molecule has 0 saturated heterocycles. The molecule has 2 N–H and O–H groups in total. The molecule has 0 aliphatic carbocycles. The highest BCUT2D eigenvalue weighted by molar-refractivity contribution is 7.92. The molecule has 0 unspecified atom stereocenters. The number of carbonyl (C=O) groups is 1. The van der Waals surface area contributed by atoms with Gasteiger partial charge in [0.1, 0.15) is 5.75 Å². The third kappa shape index (κ3) is 5.14.